The molecule has 1 aromatic heterocycles. The van der Waals surface area contributed by atoms with Gasteiger partial charge in [0.05, 0.1) is 5.56 Å². The largest absolute Gasteiger partial charge is 0.338 e. The Hall–Kier alpha value is -1.89. The molecule has 1 amide bonds. The molecule has 90 valence electrons. The van der Waals surface area contributed by atoms with E-state index in [1.165, 1.54) is 6.20 Å². The summed E-state index contributed by atoms with van der Waals surface area (Å²) in [6.07, 6.45) is 3.43. The molecule has 1 aromatic rings. The number of nitriles is 1. The number of hydrogen-bond acceptors (Lipinski definition) is 3. The lowest BCUT2D eigenvalue weighted by atomic mass is 10.1. The third-order valence-electron chi connectivity index (χ3n) is 2.80. The molecule has 0 aromatic carbocycles. The van der Waals surface area contributed by atoms with Crippen molar-refractivity contribution in [1.29, 1.82) is 5.26 Å². The summed E-state index contributed by atoms with van der Waals surface area (Å²) in [4.78, 5) is 17.7. The van der Waals surface area contributed by atoms with Gasteiger partial charge in [-0.05, 0) is 25.5 Å². The summed E-state index contributed by atoms with van der Waals surface area (Å²) in [6.45, 7) is 4.11. The summed E-state index contributed by atoms with van der Waals surface area (Å²) in [7, 11) is 1.78. The molecule has 4 nitrogen and oxygen atoms in total. The zero-order valence-corrected chi connectivity index (χ0v) is 10.5. The molecule has 0 N–H and O–H groups in total. The van der Waals surface area contributed by atoms with Gasteiger partial charge in [0, 0.05) is 19.3 Å². The third kappa shape index (κ3) is 3.28. The maximum atomic E-state index is 12.0. The van der Waals surface area contributed by atoms with Gasteiger partial charge in [0.15, 0.2) is 0 Å². The van der Waals surface area contributed by atoms with Crippen LogP contribution in [-0.4, -0.2) is 28.9 Å². The first-order valence-electron chi connectivity index (χ1n) is 5.73. The van der Waals surface area contributed by atoms with Gasteiger partial charge in [-0.15, -0.1) is 0 Å². The lowest BCUT2D eigenvalue weighted by molar-refractivity contribution is 0.0731. The molecule has 0 aliphatic heterocycles. The Bertz CT molecular complexity index is 419. The minimum Gasteiger partial charge on any atom is -0.338 e. The van der Waals surface area contributed by atoms with Gasteiger partial charge in [-0.1, -0.05) is 13.3 Å². The van der Waals surface area contributed by atoms with Crippen LogP contribution < -0.4 is 0 Å². The van der Waals surface area contributed by atoms with Crippen molar-refractivity contribution in [2.75, 3.05) is 7.05 Å². The molecule has 0 spiro atoms. The van der Waals surface area contributed by atoms with E-state index in [2.05, 4.69) is 11.9 Å². The molecule has 0 radical (unpaired) electrons. The van der Waals surface area contributed by atoms with Crippen LogP contribution in [0.15, 0.2) is 18.3 Å². The molecule has 1 atom stereocenters. The van der Waals surface area contributed by atoms with Gasteiger partial charge in [0.25, 0.3) is 5.91 Å². The molecule has 1 unspecified atom stereocenters. The number of amides is 1. The summed E-state index contributed by atoms with van der Waals surface area (Å²) in [5.74, 6) is -0.101. The average Bonchev–Trinajstić information content (AvgIpc) is 2.37. The zero-order chi connectivity index (χ0) is 12.8. The Labute approximate surface area is 102 Å². The van der Waals surface area contributed by atoms with E-state index < -0.39 is 0 Å². The maximum Gasteiger partial charge on any atom is 0.272 e. The van der Waals surface area contributed by atoms with Crippen LogP contribution in [0.2, 0.25) is 0 Å². The summed E-state index contributed by atoms with van der Waals surface area (Å²) >= 11 is 0. The van der Waals surface area contributed by atoms with Crippen molar-refractivity contribution in [1.82, 2.24) is 9.88 Å². The molecule has 0 aliphatic carbocycles. The number of carbonyl (C=O) groups is 1. The van der Waals surface area contributed by atoms with Gasteiger partial charge in [-0.25, -0.2) is 4.98 Å². The number of hydrogen-bond donors (Lipinski definition) is 0. The number of nitrogens with zero attached hydrogens (tertiary/aromatic N) is 3. The van der Waals surface area contributed by atoms with E-state index in [-0.39, 0.29) is 11.9 Å². The fourth-order valence-corrected chi connectivity index (χ4v) is 1.58. The fraction of sp³-hybridized carbons (Fsp3) is 0.462. The van der Waals surface area contributed by atoms with Gasteiger partial charge in [0.2, 0.25) is 0 Å². The minimum absolute atomic E-state index is 0.101. The fourth-order valence-electron chi connectivity index (χ4n) is 1.58. The summed E-state index contributed by atoms with van der Waals surface area (Å²) in [5, 5.41) is 8.65. The average molecular weight is 231 g/mol. The molecule has 4 heteroatoms. The maximum absolute atomic E-state index is 12.0. The van der Waals surface area contributed by atoms with Crippen molar-refractivity contribution in [3.05, 3.63) is 29.6 Å². The van der Waals surface area contributed by atoms with Gasteiger partial charge < -0.3 is 4.90 Å². The second-order valence-electron chi connectivity index (χ2n) is 4.10. The van der Waals surface area contributed by atoms with Gasteiger partial charge in [-0.2, -0.15) is 5.26 Å². The van der Waals surface area contributed by atoms with E-state index in [0.717, 1.165) is 12.8 Å². The summed E-state index contributed by atoms with van der Waals surface area (Å²) < 4.78 is 0. The van der Waals surface area contributed by atoms with Crippen LogP contribution in [0.1, 0.15) is 42.7 Å². The van der Waals surface area contributed by atoms with E-state index in [9.17, 15) is 4.79 Å². The standard InChI is InChI=1S/C13H17N3O/c1-4-5-10(2)16(3)13(17)12-7-6-11(8-14)9-15-12/h6-7,9-10H,4-5H2,1-3H3. The van der Waals surface area contributed by atoms with E-state index in [4.69, 9.17) is 5.26 Å². The highest BCUT2D eigenvalue weighted by Gasteiger charge is 2.17. The lowest BCUT2D eigenvalue weighted by Gasteiger charge is -2.24. The normalized spacial score (nSPS) is 11.6. The zero-order valence-electron chi connectivity index (χ0n) is 10.5. The molecular weight excluding hydrogens is 214 g/mol. The molecule has 17 heavy (non-hydrogen) atoms. The first-order chi connectivity index (χ1) is 8.10. The van der Waals surface area contributed by atoms with E-state index in [1.54, 1.807) is 24.1 Å². The van der Waals surface area contributed by atoms with Crippen molar-refractivity contribution in [3.8, 4) is 6.07 Å². The Kier molecular flexibility index (Phi) is 4.65. The van der Waals surface area contributed by atoms with Crippen molar-refractivity contribution in [2.24, 2.45) is 0 Å². The van der Waals surface area contributed by atoms with Crippen molar-refractivity contribution in [2.45, 2.75) is 32.7 Å². The Morgan fingerprint density at radius 1 is 1.59 bits per heavy atom. The Morgan fingerprint density at radius 2 is 2.29 bits per heavy atom. The summed E-state index contributed by atoms with van der Waals surface area (Å²) in [6, 6.07) is 5.38. The molecule has 0 saturated heterocycles. The first kappa shape index (κ1) is 13.2. The highest BCUT2D eigenvalue weighted by atomic mass is 16.2. The van der Waals surface area contributed by atoms with Crippen LogP contribution >= 0.6 is 0 Å². The second-order valence-corrected chi connectivity index (χ2v) is 4.10. The van der Waals surface area contributed by atoms with Crippen LogP contribution in [0.3, 0.4) is 0 Å². The third-order valence-corrected chi connectivity index (χ3v) is 2.80. The SMILES string of the molecule is CCCC(C)N(C)C(=O)c1ccc(C#N)cn1. The Balaban J connectivity index is 2.78. The van der Waals surface area contributed by atoms with Crippen LogP contribution in [0.25, 0.3) is 0 Å². The van der Waals surface area contributed by atoms with E-state index >= 15 is 0 Å². The van der Waals surface area contributed by atoms with E-state index in [1.807, 2.05) is 13.0 Å². The molecule has 0 saturated carbocycles. The molecule has 1 rings (SSSR count). The second kappa shape index (κ2) is 6.00. The van der Waals surface area contributed by atoms with Crippen molar-refractivity contribution >= 4 is 5.91 Å². The van der Waals surface area contributed by atoms with Crippen LogP contribution in [-0.2, 0) is 0 Å². The Morgan fingerprint density at radius 3 is 2.76 bits per heavy atom. The molecular formula is C13H17N3O. The predicted octanol–water partition coefficient (Wildman–Crippen LogP) is 2.21. The lowest BCUT2D eigenvalue weighted by Crippen LogP contribution is -2.35. The highest BCUT2D eigenvalue weighted by molar-refractivity contribution is 5.92. The summed E-state index contributed by atoms with van der Waals surface area (Å²) in [5.41, 5.74) is 0.847. The highest BCUT2D eigenvalue weighted by Crippen LogP contribution is 2.09. The number of carbonyl (C=O) groups excluding carboxylic acids is 1. The van der Waals surface area contributed by atoms with Crippen molar-refractivity contribution in [3.63, 3.8) is 0 Å². The number of rotatable bonds is 4. The number of pyridine rings is 1. The van der Waals surface area contributed by atoms with Crippen molar-refractivity contribution < 1.29 is 4.79 Å². The van der Waals surface area contributed by atoms with E-state index in [0.29, 0.717) is 11.3 Å². The topological polar surface area (TPSA) is 57.0 Å². The van der Waals surface area contributed by atoms with Crippen LogP contribution in [0, 0.1) is 11.3 Å². The first-order valence-corrected chi connectivity index (χ1v) is 5.73. The minimum atomic E-state index is -0.101. The number of aromatic nitrogens is 1. The molecule has 0 fully saturated rings. The smallest absolute Gasteiger partial charge is 0.272 e. The van der Waals surface area contributed by atoms with Crippen LogP contribution in [0.4, 0.5) is 0 Å². The van der Waals surface area contributed by atoms with Gasteiger partial charge in [-0.3, -0.25) is 4.79 Å². The van der Waals surface area contributed by atoms with Gasteiger partial charge in [0.1, 0.15) is 11.8 Å². The predicted molar refractivity (Wildman–Crippen MR) is 65.4 cm³/mol. The quantitative estimate of drug-likeness (QED) is 0.798. The molecule has 0 aliphatic rings. The molecule has 0 bridgehead atoms. The molecule has 1 heterocycles. The van der Waals surface area contributed by atoms with Gasteiger partial charge >= 0.3 is 0 Å². The van der Waals surface area contributed by atoms with Crippen LogP contribution in [0.5, 0.6) is 0 Å². The monoisotopic (exact) mass is 231 g/mol.